The molecule has 138 valence electrons. The van der Waals surface area contributed by atoms with E-state index in [-0.39, 0.29) is 6.54 Å². The van der Waals surface area contributed by atoms with Crippen molar-refractivity contribution in [2.45, 2.75) is 51.9 Å². The Hall–Kier alpha value is -1.89. The molecule has 0 aromatic rings. The Kier molecular flexibility index (Phi) is 11.5. The highest BCUT2D eigenvalue weighted by molar-refractivity contribution is 5.72. The molecule has 0 rings (SSSR count). The van der Waals surface area contributed by atoms with Crippen LogP contribution < -0.4 is 5.11 Å². The Morgan fingerprint density at radius 2 is 1.42 bits per heavy atom. The third kappa shape index (κ3) is 11.6. The van der Waals surface area contributed by atoms with Gasteiger partial charge >= 0.3 is 11.9 Å². The number of allylic oxidation sites excluding steroid dienone is 2. The van der Waals surface area contributed by atoms with E-state index >= 15 is 0 Å². The molecule has 24 heavy (non-hydrogen) atoms. The molecular formula is C17H29NO6. The first-order valence-electron chi connectivity index (χ1n) is 8.45. The van der Waals surface area contributed by atoms with Gasteiger partial charge in [0.15, 0.2) is 13.1 Å². The first kappa shape index (κ1) is 22.1. The Balaban J connectivity index is 4.40. The monoisotopic (exact) mass is 343 g/mol. The molecule has 0 atom stereocenters. The van der Waals surface area contributed by atoms with Gasteiger partial charge in [-0.05, 0) is 32.1 Å². The van der Waals surface area contributed by atoms with E-state index in [0.717, 1.165) is 38.5 Å². The fourth-order valence-electron chi connectivity index (χ4n) is 2.72. The van der Waals surface area contributed by atoms with Crippen LogP contribution in [0.3, 0.4) is 0 Å². The van der Waals surface area contributed by atoms with Crippen LogP contribution in [0.4, 0.5) is 0 Å². The molecule has 0 saturated carbocycles. The van der Waals surface area contributed by atoms with E-state index in [1.807, 2.05) is 0 Å². The van der Waals surface area contributed by atoms with Crippen LogP contribution in [0.1, 0.15) is 51.9 Å². The van der Waals surface area contributed by atoms with Gasteiger partial charge in [-0.1, -0.05) is 31.9 Å². The van der Waals surface area contributed by atoms with Crippen LogP contribution in [0.25, 0.3) is 0 Å². The lowest BCUT2D eigenvalue weighted by atomic mass is 10.1. The lowest BCUT2D eigenvalue weighted by molar-refractivity contribution is -0.909. The van der Waals surface area contributed by atoms with Gasteiger partial charge in [-0.3, -0.25) is 0 Å². The number of hydrogen-bond donors (Lipinski definition) is 2. The molecule has 0 radical (unpaired) electrons. The van der Waals surface area contributed by atoms with Crippen LogP contribution in [-0.4, -0.2) is 58.8 Å². The molecule has 2 N–H and O–H groups in total. The summed E-state index contributed by atoms with van der Waals surface area (Å²) in [7, 11) is 0. The number of hydrogen-bond acceptors (Lipinski definition) is 4. The average molecular weight is 343 g/mol. The number of unbranched alkanes of at least 4 members (excludes halogenated alkanes) is 5. The van der Waals surface area contributed by atoms with Crippen molar-refractivity contribution in [2.75, 3.05) is 26.2 Å². The summed E-state index contributed by atoms with van der Waals surface area (Å²) in [6.45, 7) is 0.673. The third-order valence-corrected chi connectivity index (χ3v) is 3.78. The summed E-state index contributed by atoms with van der Waals surface area (Å²) in [5.74, 6) is -3.85. The first-order chi connectivity index (χ1) is 11.3. The van der Waals surface area contributed by atoms with Crippen molar-refractivity contribution in [3.05, 3.63) is 12.2 Å². The Morgan fingerprint density at radius 1 is 0.875 bits per heavy atom. The van der Waals surface area contributed by atoms with E-state index in [4.69, 9.17) is 10.2 Å². The number of carbonyl (C=O) groups is 3. The molecule has 0 amide bonds. The lowest BCUT2D eigenvalue weighted by Crippen LogP contribution is -2.59. The number of rotatable bonds is 15. The number of carboxylic acid groups (broad SMARTS) is 3. The molecule has 0 saturated heterocycles. The van der Waals surface area contributed by atoms with E-state index in [2.05, 4.69) is 19.1 Å². The van der Waals surface area contributed by atoms with Crippen LogP contribution in [-0.2, 0) is 14.4 Å². The van der Waals surface area contributed by atoms with Gasteiger partial charge in [-0.15, -0.1) is 0 Å². The van der Waals surface area contributed by atoms with Crippen LogP contribution in [0, 0.1) is 0 Å². The minimum Gasteiger partial charge on any atom is -0.544 e. The minimum absolute atomic E-state index is 0.207. The third-order valence-electron chi connectivity index (χ3n) is 3.78. The van der Waals surface area contributed by atoms with E-state index in [0.29, 0.717) is 6.42 Å². The highest BCUT2D eigenvalue weighted by atomic mass is 16.4. The maximum absolute atomic E-state index is 11.0. The summed E-state index contributed by atoms with van der Waals surface area (Å²) in [6, 6.07) is 0. The van der Waals surface area contributed by atoms with Gasteiger partial charge < -0.3 is 24.6 Å². The molecule has 0 bridgehead atoms. The predicted molar refractivity (Wildman–Crippen MR) is 87.1 cm³/mol. The summed E-state index contributed by atoms with van der Waals surface area (Å²) in [5, 5.41) is 28.9. The second-order valence-corrected chi connectivity index (χ2v) is 6.16. The molecule has 7 nitrogen and oxygen atoms in total. The van der Waals surface area contributed by atoms with Crippen LogP contribution in [0.15, 0.2) is 12.2 Å². The summed E-state index contributed by atoms with van der Waals surface area (Å²) in [6.07, 6.45) is 10.9. The van der Waals surface area contributed by atoms with Gasteiger partial charge in [0.05, 0.1) is 12.5 Å². The van der Waals surface area contributed by atoms with Gasteiger partial charge in [0.1, 0.15) is 6.54 Å². The topological polar surface area (TPSA) is 115 Å². The Labute approximate surface area is 143 Å². The summed E-state index contributed by atoms with van der Waals surface area (Å²) >= 11 is 0. The largest absolute Gasteiger partial charge is 0.544 e. The van der Waals surface area contributed by atoms with E-state index < -0.39 is 42.0 Å². The zero-order valence-corrected chi connectivity index (χ0v) is 14.4. The van der Waals surface area contributed by atoms with Gasteiger partial charge in [-0.2, -0.15) is 0 Å². The molecule has 0 aromatic heterocycles. The highest BCUT2D eigenvalue weighted by Gasteiger charge is 2.33. The maximum atomic E-state index is 11.0. The smallest absolute Gasteiger partial charge is 0.359 e. The number of aliphatic carboxylic acids is 3. The van der Waals surface area contributed by atoms with Crippen LogP contribution in [0.2, 0.25) is 0 Å². The van der Waals surface area contributed by atoms with Crippen molar-refractivity contribution in [1.82, 2.24) is 0 Å². The Morgan fingerprint density at radius 3 is 1.92 bits per heavy atom. The summed E-state index contributed by atoms with van der Waals surface area (Å²) in [4.78, 5) is 32.9. The Bertz CT molecular complexity index is 392. The minimum atomic E-state index is -1.43. The number of quaternary nitrogens is 1. The highest BCUT2D eigenvalue weighted by Crippen LogP contribution is 2.12. The molecule has 0 aromatic carbocycles. The van der Waals surface area contributed by atoms with Gasteiger partial charge in [0.2, 0.25) is 0 Å². The van der Waals surface area contributed by atoms with Crippen LogP contribution >= 0.6 is 0 Å². The fourth-order valence-corrected chi connectivity index (χ4v) is 2.72. The molecule has 0 unspecified atom stereocenters. The van der Waals surface area contributed by atoms with Crippen molar-refractivity contribution in [1.29, 1.82) is 0 Å². The standard InChI is InChI=1S/C17H29NO6/c1-2-3-4-5-6-7-8-9-10-11-18(12-15(19)20,13-16(21)22)14-17(23)24/h4-5H,2-3,6-14H2,1H3,(H2-,19,20,21,22,23,24)/b5-4+. The van der Waals surface area contributed by atoms with Crippen molar-refractivity contribution in [3.63, 3.8) is 0 Å². The molecule has 0 aliphatic rings. The average Bonchev–Trinajstić information content (AvgIpc) is 2.43. The van der Waals surface area contributed by atoms with Crippen molar-refractivity contribution in [3.8, 4) is 0 Å². The maximum Gasteiger partial charge on any atom is 0.359 e. The number of carboxylic acids is 3. The van der Waals surface area contributed by atoms with Gasteiger partial charge in [-0.25, -0.2) is 9.59 Å². The summed E-state index contributed by atoms with van der Waals surface area (Å²) < 4.78 is -0.511. The predicted octanol–water partition coefficient (Wildman–Crippen LogP) is 1.03. The quantitative estimate of drug-likeness (QED) is 0.261. The second kappa shape index (κ2) is 12.5. The van der Waals surface area contributed by atoms with Gasteiger partial charge in [0, 0.05) is 0 Å². The molecule has 0 aliphatic heterocycles. The molecule has 0 fully saturated rings. The number of nitrogens with zero attached hydrogens (tertiary/aromatic N) is 1. The summed E-state index contributed by atoms with van der Waals surface area (Å²) in [5.41, 5.74) is 0. The molecular weight excluding hydrogens is 314 g/mol. The van der Waals surface area contributed by atoms with Crippen molar-refractivity contribution in [2.24, 2.45) is 0 Å². The van der Waals surface area contributed by atoms with Crippen LogP contribution in [0.5, 0.6) is 0 Å². The molecule has 0 heterocycles. The zero-order chi connectivity index (χ0) is 18.4. The van der Waals surface area contributed by atoms with E-state index in [9.17, 15) is 19.5 Å². The molecule has 0 spiro atoms. The van der Waals surface area contributed by atoms with E-state index in [1.54, 1.807) is 0 Å². The normalized spacial score (nSPS) is 11.7. The van der Waals surface area contributed by atoms with E-state index in [1.165, 1.54) is 0 Å². The first-order valence-corrected chi connectivity index (χ1v) is 8.45. The number of carbonyl (C=O) groups excluding carboxylic acids is 1. The SMILES string of the molecule is CCC/C=C/CCCCCC[N+](CC(=O)[O-])(CC(=O)O)CC(=O)O. The van der Waals surface area contributed by atoms with Crippen molar-refractivity contribution >= 4 is 17.9 Å². The fraction of sp³-hybridized carbons (Fsp3) is 0.706. The van der Waals surface area contributed by atoms with Crippen molar-refractivity contribution < 1.29 is 34.2 Å². The van der Waals surface area contributed by atoms with Gasteiger partial charge in [0.25, 0.3) is 0 Å². The zero-order valence-electron chi connectivity index (χ0n) is 14.4. The molecule has 7 heteroatoms. The second-order valence-electron chi connectivity index (χ2n) is 6.16. The molecule has 0 aliphatic carbocycles. The lowest BCUT2D eigenvalue weighted by Gasteiger charge is -2.36.